The van der Waals surface area contributed by atoms with Crippen LogP contribution in [0, 0.1) is 17.3 Å². The largest absolute Gasteiger partial charge is 0.465 e. The summed E-state index contributed by atoms with van der Waals surface area (Å²) in [5.74, 6) is -0.141. The Kier molecular flexibility index (Phi) is 3.75. The highest BCUT2D eigenvalue weighted by Gasteiger charge is 2.73. The summed E-state index contributed by atoms with van der Waals surface area (Å²) in [7, 11) is 0. The summed E-state index contributed by atoms with van der Waals surface area (Å²) in [5.41, 5.74) is 0.375. The van der Waals surface area contributed by atoms with Crippen molar-refractivity contribution in [2.45, 2.75) is 57.8 Å². The zero-order chi connectivity index (χ0) is 18.0. The smallest absolute Gasteiger partial charge is 0.267 e. The number of amides is 1. The van der Waals surface area contributed by atoms with Crippen molar-refractivity contribution in [2.75, 3.05) is 0 Å². The number of hydrogen-bond acceptors (Lipinski definition) is 4. The molecule has 25 heavy (non-hydrogen) atoms. The Hall–Kier alpha value is -1.46. The zero-order valence-corrected chi connectivity index (χ0v) is 15.8. The molecule has 3 unspecified atom stereocenters. The zero-order valence-electron chi connectivity index (χ0n) is 14.9. The molecule has 3 aliphatic rings. The number of carbonyl (C=O) groups is 1. The van der Waals surface area contributed by atoms with Crippen molar-refractivity contribution in [3.8, 4) is 0 Å². The van der Waals surface area contributed by atoms with Gasteiger partial charge in [-0.25, -0.2) is 0 Å². The number of nitrogens with zero attached hydrogens (tertiary/aromatic N) is 1. The number of aliphatic hydroxyl groups excluding tert-OH is 1. The lowest BCUT2D eigenvalue weighted by Crippen LogP contribution is -2.58. The molecule has 1 heterocycles. The van der Waals surface area contributed by atoms with E-state index in [4.69, 9.17) is 17.0 Å². The van der Waals surface area contributed by atoms with Crippen LogP contribution in [0.4, 0.5) is 0 Å². The summed E-state index contributed by atoms with van der Waals surface area (Å²) in [6.45, 7) is 6.25. The van der Waals surface area contributed by atoms with Gasteiger partial charge in [-0.1, -0.05) is 51.1 Å². The summed E-state index contributed by atoms with van der Waals surface area (Å²) < 4.78 is 5.97. The molecule has 4 rings (SSSR count). The van der Waals surface area contributed by atoms with E-state index in [2.05, 4.69) is 13.8 Å². The fraction of sp³-hybridized carbons (Fsp3) is 0.600. The molecule has 2 saturated carbocycles. The number of fused-ring (bicyclic) bond motifs is 1. The maximum atomic E-state index is 13.4. The monoisotopic (exact) mass is 359 g/mol. The summed E-state index contributed by atoms with van der Waals surface area (Å²) in [6.07, 6.45) is 2.14. The lowest BCUT2D eigenvalue weighted by molar-refractivity contribution is -0.141. The quantitative estimate of drug-likeness (QED) is 0.840. The number of benzene rings is 1. The van der Waals surface area contributed by atoms with Gasteiger partial charge in [-0.15, -0.1) is 0 Å². The third kappa shape index (κ3) is 2.08. The molecule has 5 heteroatoms. The van der Waals surface area contributed by atoms with Gasteiger partial charge in [0.2, 0.25) is 5.91 Å². The molecule has 3 fully saturated rings. The highest BCUT2D eigenvalue weighted by molar-refractivity contribution is 7.80. The Labute approximate surface area is 154 Å². The second-order valence-electron chi connectivity index (χ2n) is 8.31. The van der Waals surface area contributed by atoms with Gasteiger partial charge in [-0.05, 0) is 48.4 Å². The molecule has 1 aliphatic heterocycles. The van der Waals surface area contributed by atoms with Gasteiger partial charge in [0.25, 0.3) is 5.17 Å². The first kappa shape index (κ1) is 17.0. The van der Waals surface area contributed by atoms with Crippen LogP contribution in [-0.4, -0.2) is 32.7 Å². The predicted octanol–water partition coefficient (Wildman–Crippen LogP) is 3.45. The summed E-state index contributed by atoms with van der Waals surface area (Å²) in [5, 5.41) is 11.0. The SMILES string of the molecule is C[C@@H](C(=O)N1C(=S)OC2CC3CCC21C3(C)C)[C@@H](O)c1ccccc1. The second-order valence-corrected chi connectivity index (χ2v) is 8.66. The first-order valence-electron chi connectivity index (χ1n) is 9.08. The molecule has 2 bridgehead atoms. The first-order valence-corrected chi connectivity index (χ1v) is 9.49. The Morgan fingerprint density at radius 3 is 2.68 bits per heavy atom. The van der Waals surface area contributed by atoms with Crippen LogP contribution >= 0.6 is 12.2 Å². The maximum absolute atomic E-state index is 13.4. The standard InChI is InChI=1S/C20H25NO3S/c1-12(16(22)13-7-5-4-6-8-13)17(23)21-18(25)24-15-11-14-9-10-20(15,21)19(14,2)3/h4-8,12,14-16,22H,9-11H2,1-3H3/t12-,14?,15?,16-,20?/m1/s1. The topological polar surface area (TPSA) is 49.8 Å². The van der Waals surface area contributed by atoms with Crippen molar-refractivity contribution in [2.24, 2.45) is 17.3 Å². The van der Waals surface area contributed by atoms with E-state index in [0.29, 0.717) is 5.92 Å². The van der Waals surface area contributed by atoms with Crippen molar-refractivity contribution in [3.63, 3.8) is 0 Å². The molecule has 4 nitrogen and oxygen atoms in total. The molecule has 1 saturated heterocycles. The number of rotatable bonds is 3. The van der Waals surface area contributed by atoms with Crippen molar-refractivity contribution < 1.29 is 14.6 Å². The molecule has 5 atom stereocenters. The minimum absolute atomic E-state index is 0.00114. The van der Waals surface area contributed by atoms with Crippen LogP contribution in [0.1, 0.15) is 51.7 Å². The second kappa shape index (κ2) is 5.52. The molecule has 0 aromatic heterocycles. The van der Waals surface area contributed by atoms with Gasteiger partial charge in [0.05, 0.1) is 17.6 Å². The molecule has 1 N–H and O–H groups in total. The minimum atomic E-state index is -0.853. The van der Waals surface area contributed by atoms with Gasteiger partial charge < -0.3 is 9.84 Å². The lowest BCUT2D eigenvalue weighted by Gasteiger charge is -2.43. The van der Waals surface area contributed by atoms with E-state index >= 15 is 0 Å². The van der Waals surface area contributed by atoms with Gasteiger partial charge >= 0.3 is 0 Å². The maximum Gasteiger partial charge on any atom is 0.267 e. The van der Waals surface area contributed by atoms with Gasteiger partial charge in [0.1, 0.15) is 6.10 Å². The highest BCUT2D eigenvalue weighted by atomic mass is 32.1. The number of hydrogen-bond donors (Lipinski definition) is 1. The van der Waals surface area contributed by atoms with E-state index in [1.165, 1.54) is 0 Å². The van der Waals surface area contributed by atoms with Crippen LogP contribution in [0.15, 0.2) is 30.3 Å². The van der Waals surface area contributed by atoms with Crippen molar-refractivity contribution in [1.82, 2.24) is 4.90 Å². The number of thiocarbonyl (C=S) groups is 1. The van der Waals surface area contributed by atoms with Gasteiger partial charge in [0.15, 0.2) is 0 Å². The fourth-order valence-electron chi connectivity index (χ4n) is 5.46. The highest BCUT2D eigenvalue weighted by Crippen LogP contribution is 2.66. The Morgan fingerprint density at radius 1 is 1.36 bits per heavy atom. The lowest BCUT2D eigenvalue weighted by atomic mass is 9.74. The van der Waals surface area contributed by atoms with Gasteiger partial charge in [-0.3, -0.25) is 9.69 Å². The number of ether oxygens (including phenoxy) is 1. The molecular formula is C20H25NO3S. The molecule has 1 aromatic carbocycles. The Morgan fingerprint density at radius 2 is 2.04 bits per heavy atom. The number of aliphatic hydroxyl groups is 1. The van der Waals surface area contributed by atoms with Crippen LogP contribution in [0.2, 0.25) is 0 Å². The van der Waals surface area contributed by atoms with E-state index in [-0.39, 0.29) is 28.1 Å². The average molecular weight is 359 g/mol. The molecule has 0 radical (unpaired) electrons. The van der Waals surface area contributed by atoms with E-state index in [9.17, 15) is 9.90 Å². The van der Waals surface area contributed by atoms with Crippen LogP contribution in [-0.2, 0) is 9.53 Å². The third-order valence-corrected chi connectivity index (χ3v) is 7.37. The summed E-state index contributed by atoms with van der Waals surface area (Å²) >= 11 is 5.45. The fourth-order valence-corrected chi connectivity index (χ4v) is 5.83. The average Bonchev–Trinajstić information content (AvgIpc) is 3.12. The van der Waals surface area contributed by atoms with E-state index < -0.39 is 12.0 Å². The normalized spacial score (nSPS) is 34.6. The summed E-state index contributed by atoms with van der Waals surface area (Å²) in [4.78, 5) is 15.1. The molecule has 2 aliphatic carbocycles. The molecule has 1 amide bonds. The predicted molar refractivity (Wildman–Crippen MR) is 98.7 cm³/mol. The van der Waals surface area contributed by atoms with Crippen LogP contribution in [0.25, 0.3) is 0 Å². The van der Waals surface area contributed by atoms with Crippen molar-refractivity contribution >= 4 is 23.3 Å². The van der Waals surface area contributed by atoms with E-state index in [1.807, 2.05) is 30.3 Å². The molecule has 1 aromatic rings. The molecule has 134 valence electrons. The Balaban J connectivity index is 1.66. The van der Waals surface area contributed by atoms with Gasteiger partial charge in [-0.2, -0.15) is 0 Å². The van der Waals surface area contributed by atoms with Crippen molar-refractivity contribution in [3.05, 3.63) is 35.9 Å². The Bertz CT molecular complexity index is 719. The van der Waals surface area contributed by atoms with E-state index in [1.54, 1.807) is 11.8 Å². The van der Waals surface area contributed by atoms with Crippen LogP contribution in [0.3, 0.4) is 0 Å². The van der Waals surface area contributed by atoms with Crippen molar-refractivity contribution in [1.29, 1.82) is 0 Å². The first-order chi connectivity index (χ1) is 11.8. The molecular weight excluding hydrogens is 334 g/mol. The van der Waals surface area contributed by atoms with Crippen LogP contribution < -0.4 is 0 Å². The van der Waals surface area contributed by atoms with Gasteiger partial charge in [0, 0.05) is 0 Å². The summed E-state index contributed by atoms with van der Waals surface area (Å²) in [6, 6.07) is 9.33. The van der Waals surface area contributed by atoms with Crippen LogP contribution in [0.5, 0.6) is 0 Å². The number of carbonyl (C=O) groups excluding carboxylic acids is 1. The minimum Gasteiger partial charge on any atom is -0.465 e. The third-order valence-electron chi connectivity index (χ3n) is 7.09. The molecule has 1 spiro atoms. The van der Waals surface area contributed by atoms with E-state index in [0.717, 1.165) is 24.8 Å².